The molecule has 0 fully saturated rings. The number of unbranched alkanes of at least 4 members (excludes halogenated alkanes) is 1. The van der Waals surface area contributed by atoms with Crippen LogP contribution in [0.25, 0.3) is 0 Å². The first-order valence-corrected chi connectivity index (χ1v) is 10.6. The second-order valence-corrected chi connectivity index (χ2v) is 8.12. The summed E-state index contributed by atoms with van der Waals surface area (Å²) in [6, 6.07) is 11.7. The first-order valence-electron chi connectivity index (χ1n) is 9.27. The second-order valence-electron chi connectivity index (χ2n) is 6.63. The molecular weight excluding hydrogens is 412 g/mol. The molecule has 6 nitrogen and oxygen atoms in total. The van der Waals surface area contributed by atoms with E-state index in [-0.39, 0.29) is 29.7 Å². The second kappa shape index (κ2) is 9.33. The SMILES string of the molecule is CCCCN1C(=O)CN(C(=O)CSc2ccc(Cl)cc2)c2cc(C(=O)O)ccc21. The molecule has 1 aliphatic rings. The molecule has 152 valence electrons. The molecule has 0 saturated carbocycles. The van der Waals surface area contributed by atoms with E-state index in [1.54, 1.807) is 23.1 Å². The van der Waals surface area contributed by atoms with Crippen molar-refractivity contribution in [2.24, 2.45) is 0 Å². The van der Waals surface area contributed by atoms with Crippen molar-refractivity contribution in [1.29, 1.82) is 0 Å². The highest BCUT2D eigenvalue weighted by atomic mass is 35.5. The average molecular weight is 433 g/mol. The molecule has 1 aliphatic heterocycles. The summed E-state index contributed by atoms with van der Waals surface area (Å²) < 4.78 is 0. The summed E-state index contributed by atoms with van der Waals surface area (Å²) in [5.74, 6) is -1.37. The van der Waals surface area contributed by atoms with Gasteiger partial charge in [-0.3, -0.25) is 9.59 Å². The largest absolute Gasteiger partial charge is 0.478 e. The van der Waals surface area contributed by atoms with Crippen molar-refractivity contribution in [3.05, 3.63) is 53.1 Å². The summed E-state index contributed by atoms with van der Waals surface area (Å²) >= 11 is 7.22. The Morgan fingerprint density at radius 3 is 2.52 bits per heavy atom. The number of thioether (sulfide) groups is 1. The van der Waals surface area contributed by atoms with Crippen LogP contribution in [0, 0.1) is 0 Å². The Balaban J connectivity index is 1.86. The zero-order valence-corrected chi connectivity index (χ0v) is 17.5. The van der Waals surface area contributed by atoms with Crippen molar-refractivity contribution in [3.8, 4) is 0 Å². The quantitative estimate of drug-likeness (QED) is 0.659. The summed E-state index contributed by atoms with van der Waals surface area (Å²) in [6.07, 6.45) is 1.75. The van der Waals surface area contributed by atoms with Crippen LogP contribution in [0.15, 0.2) is 47.4 Å². The fraction of sp³-hybridized carbons (Fsp3) is 0.286. The van der Waals surface area contributed by atoms with E-state index in [1.807, 2.05) is 19.1 Å². The van der Waals surface area contributed by atoms with Gasteiger partial charge >= 0.3 is 5.97 Å². The summed E-state index contributed by atoms with van der Waals surface area (Å²) in [5, 5.41) is 9.96. The Bertz CT molecular complexity index is 933. The Morgan fingerprint density at radius 1 is 1.14 bits per heavy atom. The van der Waals surface area contributed by atoms with Crippen molar-refractivity contribution in [2.45, 2.75) is 24.7 Å². The van der Waals surface area contributed by atoms with Crippen molar-refractivity contribution in [1.82, 2.24) is 0 Å². The summed E-state index contributed by atoms with van der Waals surface area (Å²) in [4.78, 5) is 40.9. The van der Waals surface area contributed by atoms with E-state index in [9.17, 15) is 19.5 Å². The number of benzene rings is 2. The van der Waals surface area contributed by atoms with Crippen molar-refractivity contribution < 1.29 is 19.5 Å². The fourth-order valence-electron chi connectivity index (χ4n) is 3.08. The Kier molecular flexibility index (Phi) is 6.82. The first kappa shape index (κ1) is 21.2. The number of hydrogen-bond acceptors (Lipinski definition) is 4. The third-order valence-corrected chi connectivity index (χ3v) is 5.86. The number of carboxylic acid groups (broad SMARTS) is 1. The molecule has 0 aliphatic carbocycles. The van der Waals surface area contributed by atoms with Crippen LogP contribution >= 0.6 is 23.4 Å². The van der Waals surface area contributed by atoms with Crippen LogP contribution in [0.5, 0.6) is 0 Å². The average Bonchev–Trinajstić information content (AvgIpc) is 2.71. The number of fused-ring (bicyclic) bond motifs is 1. The van der Waals surface area contributed by atoms with Crippen LogP contribution in [-0.4, -0.2) is 41.7 Å². The molecule has 0 bridgehead atoms. The van der Waals surface area contributed by atoms with Gasteiger partial charge in [0.1, 0.15) is 6.54 Å². The molecule has 2 aromatic rings. The van der Waals surface area contributed by atoms with E-state index in [0.717, 1.165) is 17.7 Å². The third kappa shape index (κ3) is 4.92. The van der Waals surface area contributed by atoms with Gasteiger partial charge in [-0.1, -0.05) is 24.9 Å². The molecule has 0 aromatic heterocycles. The molecule has 29 heavy (non-hydrogen) atoms. The van der Waals surface area contributed by atoms with Gasteiger partial charge in [-0.15, -0.1) is 11.8 Å². The number of anilines is 2. The molecule has 0 atom stereocenters. The lowest BCUT2D eigenvalue weighted by Crippen LogP contribution is -2.49. The standard InChI is InChI=1S/C21H21ClN2O4S/c1-2-3-10-23-17-9-4-14(21(27)28)11-18(17)24(12-19(23)25)20(26)13-29-16-7-5-15(22)6-8-16/h4-9,11H,2-3,10,12-13H2,1H3,(H,27,28). The number of nitrogens with zero attached hydrogens (tertiary/aromatic N) is 2. The number of rotatable bonds is 7. The lowest BCUT2D eigenvalue weighted by Gasteiger charge is -2.36. The lowest BCUT2D eigenvalue weighted by molar-refractivity contribution is -0.121. The van der Waals surface area contributed by atoms with Crippen molar-refractivity contribution in [2.75, 3.05) is 28.6 Å². The molecule has 2 amide bonds. The topological polar surface area (TPSA) is 77.9 Å². The maximum atomic E-state index is 12.9. The van der Waals surface area contributed by atoms with Gasteiger partial charge in [0.25, 0.3) is 0 Å². The third-order valence-electron chi connectivity index (χ3n) is 4.61. The van der Waals surface area contributed by atoms with Gasteiger partial charge in [-0.2, -0.15) is 0 Å². The zero-order chi connectivity index (χ0) is 21.0. The van der Waals surface area contributed by atoms with Gasteiger partial charge in [0.2, 0.25) is 11.8 Å². The monoisotopic (exact) mass is 432 g/mol. The number of halogens is 1. The van der Waals surface area contributed by atoms with E-state index >= 15 is 0 Å². The molecule has 3 rings (SSSR count). The molecule has 0 radical (unpaired) electrons. The summed E-state index contributed by atoms with van der Waals surface area (Å²) in [6.45, 7) is 2.47. The van der Waals surface area contributed by atoms with E-state index in [1.165, 1.54) is 28.8 Å². The molecule has 0 unspecified atom stereocenters. The van der Waals surface area contributed by atoms with Gasteiger partial charge < -0.3 is 14.9 Å². The smallest absolute Gasteiger partial charge is 0.335 e. The van der Waals surface area contributed by atoms with Gasteiger partial charge in [-0.05, 0) is 48.9 Å². The molecular formula is C21H21ClN2O4S. The normalized spacial score (nSPS) is 13.4. The van der Waals surface area contributed by atoms with E-state index in [4.69, 9.17) is 11.6 Å². The maximum absolute atomic E-state index is 12.9. The highest BCUT2D eigenvalue weighted by Crippen LogP contribution is 2.35. The van der Waals surface area contributed by atoms with Crippen LogP contribution in [0.3, 0.4) is 0 Å². The number of carbonyl (C=O) groups is 3. The predicted octanol–water partition coefficient (Wildman–Crippen LogP) is 4.31. The minimum atomic E-state index is -1.08. The minimum absolute atomic E-state index is 0.0803. The van der Waals surface area contributed by atoms with Crippen LogP contribution in [0.2, 0.25) is 5.02 Å². The van der Waals surface area contributed by atoms with Gasteiger partial charge in [-0.25, -0.2) is 4.79 Å². The van der Waals surface area contributed by atoms with Crippen LogP contribution < -0.4 is 9.80 Å². The highest BCUT2D eigenvalue weighted by Gasteiger charge is 2.32. The highest BCUT2D eigenvalue weighted by molar-refractivity contribution is 8.00. The molecule has 1 N–H and O–H groups in total. The van der Waals surface area contributed by atoms with Crippen LogP contribution in [-0.2, 0) is 9.59 Å². The van der Waals surface area contributed by atoms with Crippen molar-refractivity contribution in [3.63, 3.8) is 0 Å². The van der Waals surface area contributed by atoms with Gasteiger partial charge in [0, 0.05) is 16.5 Å². The summed E-state index contributed by atoms with van der Waals surface area (Å²) in [5.41, 5.74) is 1.11. The summed E-state index contributed by atoms with van der Waals surface area (Å²) in [7, 11) is 0. The van der Waals surface area contributed by atoms with Crippen LogP contribution in [0.4, 0.5) is 11.4 Å². The Hall–Kier alpha value is -2.51. The predicted molar refractivity (Wildman–Crippen MR) is 115 cm³/mol. The van der Waals surface area contributed by atoms with Crippen molar-refractivity contribution >= 4 is 52.5 Å². The van der Waals surface area contributed by atoms with E-state index in [0.29, 0.717) is 22.9 Å². The maximum Gasteiger partial charge on any atom is 0.335 e. The van der Waals surface area contributed by atoms with E-state index < -0.39 is 5.97 Å². The van der Waals surface area contributed by atoms with Crippen LogP contribution in [0.1, 0.15) is 30.1 Å². The molecule has 0 spiro atoms. The first-order chi connectivity index (χ1) is 13.9. The Morgan fingerprint density at radius 2 is 1.86 bits per heavy atom. The zero-order valence-electron chi connectivity index (χ0n) is 15.9. The fourth-order valence-corrected chi connectivity index (χ4v) is 3.98. The van der Waals surface area contributed by atoms with Gasteiger partial charge in [0.15, 0.2) is 0 Å². The minimum Gasteiger partial charge on any atom is -0.478 e. The van der Waals surface area contributed by atoms with E-state index in [2.05, 4.69) is 0 Å². The molecule has 2 aromatic carbocycles. The molecule has 0 saturated heterocycles. The molecule has 8 heteroatoms. The lowest BCUT2D eigenvalue weighted by atomic mass is 10.1. The molecule has 1 heterocycles. The number of carboxylic acids is 1. The number of carbonyl (C=O) groups excluding carboxylic acids is 2. The number of aromatic carboxylic acids is 1. The van der Waals surface area contributed by atoms with Gasteiger partial charge in [0.05, 0.1) is 22.7 Å². The number of hydrogen-bond donors (Lipinski definition) is 1. The Labute approximate surface area is 178 Å². The number of amides is 2.